The number of nitrogens with zero attached hydrogens (tertiary/aromatic N) is 1. The number of carbonyl (C=O) groups is 1. The van der Waals surface area contributed by atoms with E-state index in [0.717, 1.165) is 33.6 Å². The largest absolute Gasteiger partial charge is 0.497 e. The maximum Gasteiger partial charge on any atom is 0.328 e. The van der Waals surface area contributed by atoms with Crippen molar-refractivity contribution >= 4 is 33.9 Å². The topological polar surface area (TPSA) is 75.2 Å². The Bertz CT molecular complexity index is 834. The van der Waals surface area contributed by atoms with Crippen LogP contribution >= 0.6 is 0 Å². The molecule has 0 aliphatic carbocycles. The van der Waals surface area contributed by atoms with Gasteiger partial charge in [-0.15, -0.1) is 0 Å². The molecule has 5 nitrogen and oxygen atoms in total. The number of H-pyrrole nitrogens is 1. The average molecular weight is 268 g/mol. The Hall–Kier alpha value is -2.82. The van der Waals surface area contributed by atoms with Crippen LogP contribution in [0.5, 0.6) is 5.75 Å². The van der Waals surface area contributed by atoms with Gasteiger partial charge in [-0.2, -0.15) is 0 Å². The molecular weight excluding hydrogens is 256 g/mol. The zero-order valence-corrected chi connectivity index (χ0v) is 10.8. The van der Waals surface area contributed by atoms with Crippen molar-refractivity contribution in [2.24, 2.45) is 0 Å². The molecule has 3 aromatic rings. The monoisotopic (exact) mass is 268 g/mol. The van der Waals surface area contributed by atoms with Crippen molar-refractivity contribution in [1.82, 2.24) is 9.97 Å². The average Bonchev–Trinajstić information content (AvgIpc) is 2.83. The number of carboxylic acid groups (broad SMARTS) is 1. The number of pyridine rings is 1. The van der Waals surface area contributed by atoms with Crippen LogP contribution in [-0.2, 0) is 4.79 Å². The Kier molecular flexibility index (Phi) is 2.87. The number of aromatic amines is 1. The van der Waals surface area contributed by atoms with E-state index in [1.807, 2.05) is 24.3 Å². The molecule has 1 aromatic carbocycles. The summed E-state index contributed by atoms with van der Waals surface area (Å²) in [5, 5.41) is 10.8. The summed E-state index contributed by atoms with van der Waals surface area (Å²) in [5.41, 5.74) is 2.34. The molecule has 0 aliphatic heterocycles. The third-order valence-corrected chi connectivity index (χ3v) is 3.14. The minimum Gasteiger partial charge on any atom is -0.497 e. The molecule has 0 bridgehead atoms. The van der Waals surface area contributed by atoms with E-state index in [1.54, 1.807) is 13.3 Å². The molecule has 0 aliphatic rings. The molecule has 0 saturated carbocycles. The van der Waals surface area contributed by atoms with Crippen LogP contribution in [0.25, 0.3) is 27.9 Å². The summed E-state index contributed by atoms with van der Waals surface area (Å²) in [7, 11) is 1.62. The summed E-state index contributed by atoms with van der Waals surface area (Å²) in [6.45, 7) is 0. The first-order valence-corrected chi connectivity index (χ1v) is 6.04. The van der Waals surface area contributed by atoms with Crippen LogP contribution in [-0.4, -0.2) is 28.2 Å². The van der Waals surface area contributed by atoms with Crippen molar-refractivity contribution in [2.75, 3.05) is 7.11 Å². The van der Waals surface area contributed by atoms with Gasteiger partial charge in [0.05, 0.1) is 23.8 Å². The summed E-state index contributed by atoms with van der Waals surface area (Å²) < 4.78 is 5.20. The lowest BCUT2D eigenvalue weighted by atomic mass is 10.1. The minimum absolute atomic E-state index is 0.597. The van der Waals surface area contributed by atoms with Crippen LogP contribution < -0.4 is 4.74 Å². The Morgan fingerprint density at radius 3 is 2.95 bits per heavy atom. The highest BCUT2D eigenvalue weighted by atomic mass is 16.5. The van der Waals surface area contributed by atoms with Gasteiger partial charge < -0.3 is 14.8 Å². The van der Waals surface area contributed by atoms with Gasteiger partial charge in [-0.05, 0) is 24.3 Å². The second-order valence-corrected chi connectivity index (χ2v) is 4.33. The van der Waals surface area contributed by atoms with Gasteiger partial charge >= 0.3 is 5.97 Å². The van der Waals surface area contributed by atoms with Crippen LogP contribution in [0.3, 0.4) is 0 Å². The number of carboxylic acids is 1. The summed E-state index contributed by atoms with van der Waals surface area (Å²) >= 11 is 0. The normalized spacial score (nSPS) is 11.4. The van der Waals surface area contributed by atoms with Crippen LogP contribution in [0, 0.1) is 0 Å². The number of aromatic nitrogens is 2. The van der Waals surface area contributed by atoms with Gasteiger partial charge in [-0.3, -0.25) is 4.98 Å². The van der Waals surface area contributed by atoms with Gasteiger partial charge in [-0.25, -0.2) is 4.79 Å². The second kappa shape index (κ2) is 4.70. The van der Waals surface area contributed by atoms with E-state index in [2.05, 4.69) is 9.97 Å². The van der Waals surface area contributed by atoms with E-state index in [9.17, 15) is 4.79 Å². The lowest BCUT2D eigenvalue weighted by Crippen LogP contribution is -1.88. The van der Waals surface area contributed by atoms with Crippen molar-refractivity contribution in [2.45, 2.75) is 0 Å². The van der Waals surface area contributed by atoms with E-state index in [-0.39, 0.29) is 0 Å². The third kappa shape index (κ3) is 1.99. The van der Waals surface area contributed by atoms with E-state index in [1.165, 1.54) is 6.08 Å². The zero-order chi connectivity index (χ0) is 14.1. The van der Waals surface area contributed by atoms with Crippen molar-refractivity contribution < 1.29 is 14.6 Å². The fourth-order valence-corrected chi connectivity index (χ4v) is 2.23. The maximum atomic E-state index is 10.6. The number of aliphatic carboxylic acids is 1. The van der Waals surface area contributed by atoms with E-state index < -0.39 is 5.97 Å². The number of hydrogen-bond acceptors (Lipinski definition) is 3. The van der Waals surface area contributed by atoms with Gasteiger partial charge in [0.15, 0.2) is 0 Å². The SMILES string of the molecule is COc1ccc2c(c1)[nH]c1c(/C=C/C(=O)O)nccc12. The number of methoxy groups -OCH3 is 1. The Balaban J connectivity index is 2.26. The first-order chi connectivity index (χ1) is 9.69. The zero-order valence-electron chi connectivity index (χ0n) is 10.8. The van der Waals surface area contributed by atoms with Crippen molar-refractivity contribution in [3.8, 4) is 5.75 Å². The fourth-order valence-electron chi connectivity index (χ4n) is 2.23. The fraction of sp³-hybridized carbons (Fsp3) is 0.0667. The molecule has 20 heavy (non-hydrogen) atoms. The minimum atomic E-state index is -0.999. The van der Waals surface area contributed by atoms with Crippen molar-refractivity contribution in [3.05, 3.63) is 42.2 Å². The quantitative estimate of drug-likeness (QED) is 0.716. The first-order valence-electron chi connectivity index (χ1n) is 6.04. The number of fused-ring (bicyclic) bond motifs is 3. The molecule has 0 unspecified atom stereocenters. The lowest BCUT2D eigenvalue weighted by molar-refractivity contribution is -0.131. The van der Waals surface area contributed by atoms with Crippen LogP contribution in [0.15, 0.2) is 36.5 Å². The van der Waals surface area contributed by atoms with E-state index in [4.69, 9.17) is 9.84 Å². The maximum absolute atomic E-state index is 10.6. The summed E-state index contributed by atoms with van der Waals surface area (Å²) in [6.07, 6.45) is 4.23. The Morgan fingerprint density at radius 1 is 1.35 bits per heavy atom. The van der Waals surface area contributed by atoms with Crippen LogP contribution in [0.2, 0.25) is 0 Å². The highest BCUT2D eigenvalue weighted by Gasteiger charge is 2.08. The number of rotatable bonds is 3. The number of nitrogens with one attached hydrogen (secondary N) is 1. The molecule has 0 atom stereocenters. The number of hydrogen-bond donors (Lipinski definition) is 2. The van der Waals surface area contributed by atoms with Gasteiger partial charge in [0.25, 0.3) is 0 Å². The molecule has 0 fully saturated rings. The predicted molar refractivity (Wildman–Crippen MR) is 76.8 cm³/mol. The van der Waals surface area contributed by atoms with Gasteiger partial charge in [-0.1, -0.05) is 0 Å². The molecule has 0 saturated heterocycles. The van der Waals surface area contributed by atoms with Crippen LogP contribution in [0.1, 0.15) is 5.69 Å². The van der Waals surface area contributed by atoms with Crippen LogP contribution in [0.4, 0.5) is 0 Å². The number of benzene rings is 1. The Labute approximate surface area is 114 Å². The molecular formula is C15H12N2O3. The molecule has 0 amide bonds. The van der Waals surface area contributed by atoms with E-state index in [0.29, 0.717) is 5.69 Å². The molecule has 5 heteroatoms. The first kappa shape index (κ1) is 12.2. The summed E-state index contributed by atoms with van der Waals surface area (Å²) in [6, 6.07) is 7.67. The van der Waals surface area contributed by atoms with Gasteiger partial charge in [0.1, 0.15) is 5.75 Å². The number of ether oxygens (including phenoxy) is 1. The van der Waals surface area contributed by atoms with Gasteiger partial charge in [0, 0.05) is 29.1 Å². The van der Waals surface area contributed by atoms with Crippen molar-refractivity contribution in [1.29, 1.82) is 0 Å². The molecule has 0 spiro atoms. The lowest BCUT2D eigenvalue weighted by Gasteiger charge is -1.98. The summed E-state index contributed by atoms with van der Waals surface area (Å²) in [5.74, 6) is -0.235. The molecule has 100 valence electrons. The smallest absolute Gasteiger partial charge is 0.328 e. The second-order valence-electron chi connectivity index (χ2n) is 4.33. The third-order valence-electron chi connectivity index (χ3n) is 3.14. The van der Waals surface area contributed by atoms with E-state index >= 15 is 0 Å². The molecule has 0 radical (unpaired) electrons. The van der Waals surface area contributed by atoms with Crippen molar-refractivity contribution in [3.63, 3.8) is 0 Å². The molecule has 2 N–H and O–H groups in total. The van der Waals surface area contributed by atoms with Gasteiger partial charge in [0.2, 0.25) is 0 Å². The summed E-state index contributed by atoms with van der Waals surface area (Å²) in [4.78, 5) is 18.1. The standard InChI is InChI=1S/C15H12N2O3/c1-20-9-2-3-10-11-6-7-16-12(4-5-14(18)19)15(11)17-13(10)8-9/h2-8,17H,1H3,(H,18,19)/b5-4+. The highest BCUT2D eigenvalue weighted by molar-refractivity contribution is 6.09. The molecule has 2 heterocycles. The predicted octanol–water partition coefficient (Wildman–Crippen LogP) is 2.82. The molecule has 3 rings (SSSR count). The highest BCUT2D eigenvalue weighted by Crippen LogP contribution is 2.29. The molecule has 2 aromatic heterocycles. The Morgan fingerprint density at radius 2 is 2.20 bits per heavy atom.